The number of ether oxygens (including phenoxy) is 1. The van der Waals surface area contributed by atoms with Crippen molar-refractivity contribution < 1.29 is 18.7 Å². The fraction of sp³-hybridized carbons (Fsp3) is 0.450. The van der Waals surface area contributed by atoms with Crippen LogP contribution in [0.15, 0.2) is 33.5 Å². The van der Waals surface area contributed by atoms with Crippen LogP contribution in [0.2, 0.25) is 0 Å². The van der Waals surface area contributed by atoms with Gasteiger partial charge >= 0.3 is 5.63 Å². The Kier molecular flexibility index (Phi) is 5.78. The van der Waals surface area contributed by atoms with Crippen molar-refractivity contribution in [3.63, 3.8) is 0 Å². The van der Waals surface area contributed by atoms with Crippen LogP contribution >= 0.6 is 0 Å². The van der Waals surface area contributed by atoms with Gasteiger partial charge in [-0.25, -0.2) is 4.79 Å². The first-order valence-corrected chi connectivity index (χ1v) is 9.28. The van der Waals surface area contributed by atoms with Crippen LogP contribution in [0, 0.1) is 0 Å². The van der Waals surface area contributed by atoms with Gasteiger partial charge in [0.25, 0.3) is 5.91 Å². The van der Waals surface area contributed by atoms with Crippen LogP contribution in [0.5, 0.6) is 5.75 Å². The molecular formula is C20H24N2O5. The standard InChI is InChI=1S/C20H24N2O5/c1-2-3-5-13-10-19(24)27-17-11-14(7-8-15(13)17)26-12-18(23)22-9-4-6-16(22)20(21)25/h7-8,10-11,16H,2-6,9,12H2,1H3,(H2,21,25). The number of primary amides is 1. The number of nitrogens with two attached hydrogens (primary N) is 1. The maximum absolute atomic E-state index is 12.3. The molecule has 144 valence electrons. The van der Waals surface area contributed by atoms with Gasteiger partial charge in [0.2, 0.25) is 5.91 Å². The molecule has 0 bridgehead atoms. The number of fused-ring (bicyclic) bond motifs is 1. The predicted octanol–water partition coefficient (Wildman–Crippen LogP) is 1.99. The van der Waals surface area contributed by atoms with Gasteiger partial charge in [0.1, 0.15) is 17.4 Å². The fourth-order valence-electron chi connectivity index (χ4n) is 3.46. The number of aryl methyl sites for hydroxylation is 1. The van der Waals surface area contributed by atoms with Gasteiger partial charge in [0, 0.05) is 24.1 Å². The van der Waals surface area contributed by atoms with Crippen molar-refractivity contribution in [3.05, 3.63) is 40.2 Å². The number of nitrogens with zero attached hydrogens (tertiary/aromatic N) is 1. The molecule has 2 heterocycles. The van der Waals surface area contributed by atoms with Gasteiger partial charge in [0.05, 0.1) is 0 Å². The summed E-state index contributed by atoms with van der Waals surface area (Å²) in [6, 6.07) is 6.18. The first-order chi connectivity index (χ1) is 13.0. The molecule has 1 fully saturated rings. The van der Waals surface area contributed by atoms with E-state index in [-0.39, 0.29) is 12.5 Å². The SMILES string of the molecule is CCCCc1cc(=O)oc2cc(OCC(=O)N3CCCC3C(N)=O)ccc12. The van der Waals surface area contributed by atoms with Crippen LogP contribution in [-0.4, -0.2) is 35.9 Å². The van der Waals surface area contributed by atoms with E-state index in [1.54, 1.807) is 12.1 Å². The third-order valence-corrected chi connectivity index (χ3v) is 4.87. The first kappa shape index (κ1) is 18.9. The summed E-state index contributed by atoms with van der Waals surface area (Å²) in [5, 5.41) is 0.870. The van der Waals surface area contributed by atoms with Gasteiger partial charge in [-0.3, -0.25) is 9.59 Å². The normalized spacial score (nSPS) is 16.6. The summed E-state index contributed by atoms with van der Waals surface area (Å²) in [4.78, 5) is 37.0. The molecule has 1 aliphatic heterocycles. The molecule has 0 aliphatic carbocycles. The molecule has 1 saturated heterocycles. The lowest BCUT2D eigenvalue weighted by molar-refractivity contribution is -0.138. The second-order valence-corrected chi connectivity index (χ2v) is 6.79. The van der Waals surface area contributed by atoms with Crippen molar-refractivity contribution >= 4 is 22.8 Å². The van der Waals surface area contributed by atoms with E-state index in [9.17, 15) is 14.4 Å². The number of benzene rings is 1. The molecule has 1 aromatic heterocycles. The van der Waals surface area contributed by atoms with Crippen molar-refractivity contribution in [3.8, 4) is 5.75 Å². The van der Waals surface area contributed by atoms with Crippen molar-refractivity contribution in [2.45, 2.75) is 45.1 Å². The molecule has 2 amide bonds. The maximum atomic E-state index is 12.3. The number of hydrogen-bond acceptors (Lipinski definition) is 5. The van der Waals surface area contributed by atoms with Crippen molar-refractivity contribution in [1.82, 2.24) is 4.90 Å². The van der Waals surface area contributed by atoms with Gasteiger partial charge in [-0.15, -0.1) is 0 Å². The monoisotopic (exact) mass is 372 g/mol. The van der Waals surface area contributed by atoms with Crippen LogP contribution in [-0.2, 0) is 16.0 Å². The summed E-state index contributed by atoms with van der Waals surface area (Å²) in [7, 11) is 0. The van der Waals surface area contributed by atoms with E-state index < -0.39 is 17.6 Å². The molecule has 0 saturated carbocycles. The Morgan fingerprint density at radius 3 is 2.89 bits per heavy atom. The van der Waals surface area contributed by atoms with Crippen LogP contribution in [0.25, 0.3) is 11.0 Å². The van der Waals surface area contributed by atoms with Crippen LogP contribution < -0.4 is 16.1 Å². The van der Waals surface area contributed by atoms with Gasteiger partial charge in [0.15, 0.2) is 6.61 Å². The lowest BCUT2D eigenvalue weighted by Crippen LogP contribution is -2.45. The molecule has 0 radical (unpaired) electrons. The Morgan fingerprint density at radius 1 is 1.33 bits per heavy atom. The smallest absolute Gasteiger partial charge is 0.336 e. The highest BCUT2D eigenvalue weighted by molar-refractivity contribution is 5.88. The predicted molar refractivity (Wildman–Crippen MR) is 101 cm³/mol. The van der Waals surface area contributed by atoms with Crippen molar-refractivity contribution in [2.24, 2.45) is 5.73 Å². The summed E-state index contributed by atoms with van der Waals surface area (Å²) >= 11 is 0. The second-order valence-electron chi connectivity index (χ2n) is 6.79. The molecule has 1 atom stereocenters. The van der Waals surface area contributed by atoms with E-state index in [0.717, 1.165) is 36.6 Å². The number of carbonyl (C=O) groups excluding carboxylic acids is 2. The third-order valence-electron chi connectivity index (χ3n) is 4.87. The van der Waals surface area contributed by atoms with Crippen molar-refractivity contribution in [1.29, 1.82) is 0 Å². The minimum atomic E-state index is -0.558. The highest BCUT2D eigenvalue weighted by Gasteiger charge is 2.32. The summed E-state index contributed by atoms with van der Waals surface area (Å²) in [5.41, 5.74) is 6.33. The Bertz CT molecular complexity index is 905. The van der Waals surface area contributed by atoms with E-state index in [2.05, 4.69) is 6.92 Å². The number of unbranched alkanes of at least 4 members (excludes halogenated alkanes) is 1. The minimum absolute atomic E-state index is 0.199. The van der Waals surface area contributed by atoms with E-state index in [1.165, 1.54) is 11.0 Å². The number of hydrogen-bond donors (Lipinski definition) is 1. The lowest BCUT2D eigenvalue weighted by Gasteiger charge is -2.22. The molecule has 27 heavy (non-hydrogen) atoms. The van der Waals surface area contributed by atoms with Gasteiger partial charge in [-0.1, -0.05) is 13.3 Å². The molecular weight excluding hydrogens is 348 g/mol. The average molecular weight is 372 g/mol. The molecule has 0 spiro atoms. The Hall–Kier alpha value is -2.83. The summed E-state index contributed by atoms with van der Waals surface area (Å²) < 4.78 is 10.9. The first-order valence-electron chi connectivity index (χ1n) is 9.28. The summed E-state index contributed by atoms with van der Waals surface area (Å²) in [6.07, 6.45) is 4.17. The fourth-order valence-corrected chi connectivity index (χ4v) is 3.46. The van der Waals surface area contributed by atoms with Gasteiger partial charge in [-0.05, 0) is 43.4 Å². The van der Waals surface area contributed by atoms with E-state index >= 15 is 0 Å². The topological polar surface area (TPSA) is 103 Å². The quantitative estimate of drug-likeness (QED) is 0.749. The van der Waals surface area contributed by atoms with Crippen molar-refractivity contribution in [2.75, 3.05) is 13.2 Å². The molecule has 1 aromatic carbocycles. The third kappa shape index (κ3) is 4.30. The highest BCUT2D eigenvalue weighted by atomic mass is 16.5. The van der Waals surface area contributed by atoms with Gasteiger partial charge < -0.3 is 19.8 Å². The zero-order valence-corrected chi connectivity index (χ0v) is 15.4. The molecule has 2 aromatic rings. The van der Waals surface area contributed by atoms with Crippen LogP contribution in [0.4, 0.5) is 0 Å². The van der Waals surface area contributed by atoms with E-state index in [1.807, 2.05) is 6.07 Å². The molecule has 2 N–H and O–H groups in total. The van der Waals surface area contributed by atoms with Crippen LogP contribution in [0.1, 0.15) is 38.2 Å². The highest BCUT2D eigenvalue weighted by Crippen LogP contribution is 2.24. The zero-order chi connectivity index (χ0) is 19.4. The van der Waals surface area contributed by atoms with E-state index in [4.69, 9.17) is 14.9 Å². The Labute approximate surface area is 157 Å². The maximum Gasteiger partial charge on any atom is 0.336 e. The Morgan fingerprint density at radius 2 is 2.15 bits per heavy atom. The number of likely N-dealkylation sites (tertiary alicyclic amines) is 1. The zero-order valence-electron chi connectivity index (χ0n) is 15.4. The van der Waals surface area contributed by atoms with E-state index in [0.29, 0.717) is 24.3 Å². The summed E-state index contributed by atoms with van der Waals surface area (Å²) in [6.45, 7) is 2.40. The lowest BCUT2D eigenvalue weighted by atomic mass is 10.0. The number of amides is 2. The minimum Gasteiger partial charge on any atom is -0.484 e. The second kappa shape index (κ2) is 8.24. The largest absolute Gasteiger partial charge is 0.484 e. The molecule has 1 unspecified atom stereocenters. The van der Waals surface area contributed by atoms with Crippen LogP contribution in [0.3, 0.4) is 0 Å². The Balaban J connectivity index is 1.73. The van der Waals surface area contributed by atoms with Gasteiger partial charge in [-0.2, -0.15) is 0 Å². The number of carbonyl (C=O) groups is 2. The summed E-state index contributed by atoms with van der Waals surface area (Å²) in [5.74, 6) is -0.344. The molecule has 7 heteroatoms. The molecule has 3 rings (SSSR count). The average Bonchev–Trinajstić information content (AvgIpc) is 3.14. The molecule has 7 nitrogen and oxygen atoms in total. The molecule has 1 aliphatic rings. The number of rotatable bonds is 7.